The van der Waals surface area contributed by atoms with Crippen LogP contribution in [0.2, 0.25) is 0 Å². The lowest BCUT2D eigenvalue weighted by molar-refractivity contribution is -0.145. The van der Waals surface area contributed by atoms with Gasteiger partial charge in [-0.05, 0) is 32.9 Å². The van der Waals surface area contributed by atoms with E-state index in [4.69, 9.17) is 5.11 Å². The van der Waals surface area contributed by atoms with Crippen LogP contribution in [0.1, 0.15) is 25.1 Å². The van der Waals surface area contributed by atoms with Gasteiger partial charge in [-0.1, -0.05) is 0 Å². The number of pyridine rings is 1. The zero-order valence-electron chi connectivity index (χ0n) is 13.6. The molecule has 8 heteroatoms. The zero-order chi connectivity index (χ0) is 17.9. The average molecular weight is 330 g/mol. The first kappa shape index (κ1) is 17.3. The number of aliphatic carboxylic acids is 1. The molecule has 0 bridgehead atoms. The molecule has 0 saturated carbocycles. The van der Waals surface area contributed by atoms with E-state index >= 15 is 0 Å². The Morgan fingerprint density at radius 3 is 2.62 bits per heavy atom. The number of nitrogens with one attached hydrogen (secondary N) is 2. The quantitative estimate of drug-likeness (QED) is 0.739. The number of H-pyrrole nitrogens is 1. The van der Waals surface area contributed by atoms with Crippen molar-refractivity contribution >= 4 is 11.9 Å². The van der Waals surface area contributed by atoms with Gasteiger partial charge in [0.1, 0.15) is 11.4 Å². The van der Waals surface area contributed by atoms with E-state index in [1.54, 1.807) is 31.5 Å². The molecule has 0 unspecified atom stereocenters. The summed E-state index contributed by atoms with van der Waals surface area (Å²) in [6, 6.07) is 3.48. The molecule has 2 aromatic rings. The maximum absolute atomic E-state index is 12.3. The number of carbonyl (C=O) groups excluding carboxylic acids is 1. The van der Waals surface area contributed by atoms with Crippen molar-refractivity contribution < 1.29 is 14.7 Å². The second kappa shape index (κ2) is 6.61. The number of rotatable bonds is 5. The van der Waals surface area contributed by atoms with Crippen LogP contribution in [0, 0.1) is 6.92 Å². The van der Waals surface area contributed by atoms with Crippen molar-refractivity contribution in [1.82, 2.24) is 20.3 Å². The number of hydrogen-bond donors (Lipinski definition) is 3. The van der Waals surface area contributed by atoms with Crippen molar-refractivity contribution in [2.75, 3.05) is 0 Å². The fraction of sp³-hybridized carbons (Fsp3) is 0.312. The molecular weight excluding hydrogens is 312 g/mol. The molecule has 126 valence electrons. The molecule has 0 radical (unpaired) electrons. The summed E-state index contributed by atoms with van der Waals surface area (Å²) in [5.41, 5.74) is -0.603. The van der Waals surface area contributed by atoms with Crippen LogP contribution in [0.5, 0.6) is 0 Å². The number of carbonyl (C=O) groups is 2. The van der Waals surface area contributed by atoms with E-state index in [9.17, 15) is 14.4 Å². The van der Waals surface area contributed by atoms with E-state index in [1.165, 1.54) is 13.8 Å². The number of aryl methyl sites for hydroxylation is 1. The lowest BCUT2D eigenvalue weighted by atomic mass is 10.0. The number of carboxylic acids is 1. The van der Waals surface area contributed by atoms with E-state index in [2.05, 4.69) is 20.3 Å². The maximum Gasteiger partial charge on any atom is 0.328 e. The lowest BCUT2D eigenvalue weighted by Gasteiger charge is -2.21. The van der Waals surface area contributed by atoms with Crippen molar-refractivity contribution in [1.29, 1.82) is 0 Å². The Kier molecular flexibility index (Phi) is 4.77. The molecule has 0 spiro atoms. The monoisotopic (exact) mass is 330 g/mol. The highest BCUT2D eigenvalue weighted by molar-refractivity contribution is 5.87. The molecule has 2 rings (SSSR count). The largest absolute Gasteiger partial charge is 0.480 e. The van der Waals surface area contributed by atoms with Crippen LogP contribution in [-0.4, -0.2) is 37.5 Å². The highest BCUT2D eigenvalue weighted by atomic mass is 16.4. The number of hydrogen-bond acceptors (Lipinski definition) is 5. The van der Waals surface area contributed by atoms with Gasteiger partial charge in [-0.25, -0.2) is 9.78 Å². The van der Waals surface area contributed by atoms with Gasteiger partial charge in [0.2, 0.25) is 5.91 Å². The van der Waals surface area contributed by atoms with Crippen LogP contribution >= 0.6 is 0 Å². The lowest BCUT2D eigenvalue weighted by Crippen LogP contribution is -2.50. The normalized spacial score (nSPS) is 11.1. The molecular formula is C16H18N4O4. The molecule has 0 atom stereocenters. The third kappa shape index (κ3) is 3.83. The summed E-state index contributed by atoms with van der Waals surface area (Å²) in [6.45, 7) is 4.36. The Morgan fingerprint density at radius 1 is 1.38 bits per heavy atom. The van der Waals surface area contributed by atoms with Gasteiger partial charge in [-0.15, -0.1) is 0 Å². The van der Waals surface area contributed by atoms with E-state index < -0.39 is 23.0 Å². The van der Waals surface area contributed by atoms with Gasteiger partial charge < -0.3 is 15.4 Å². The minimum atomic E-state index is -1.42. The Hall–Kier alpha value is -3.03. The summed E-state index contributed by atoms with van der Waals surface area (Å²) in [4.78, 5) is 46.2. The zero-order valence-corrected chi connectivity index (χ0v) is 13.6. The minimum absolute atomic E-state index is 0.196. The van der Waals surface area contributed by atoms with Crippen LogP contribution in [-0.2, 0) is 16.0 Å². The SMILES string of the molecule is Cc1nc(-c2cccnc2)[nH]c(=O)c1CC(=O)NC(C)(C)C(=O)O. The predicted molar refractivity (Wildman–Crippen MR) is 86.4 cm³/mol. The van der Waals surface area contributed by atoms with E-state index in [0.29, 0.717) is 17.1 Å². The third-order valence-electron chi connectivity index (χ3n) is 3.48. The van der Waals surface area contributed by atoms with Crippen molar-refractivity contribution in [3.05, 3.63) is 46.1 Å². The van der Waals surface area contributed by atoms with Crippen molar-refractivity contribution in [2.45, 2.75) is 32.7 Å². The smallest absolute Gasteiger partial charge is 0.328 e. The van der Waals surface area contributed by atoms with Gasteiger partial charge in [0.15, 0.2) is 0 Å². The van der Waals surface area contributed by atoms with Gasteiger partial charge in [0, 0.05) is 29.2 Å². The van der Waals surface area contributed by atoms with Crippen LogP contribution in [0.15, 0.2) is 29.3 Å². The van der Waals surface area contributed by atoms with Crippen molar-refractivity contribution in [3.63, 3.8) is 0 Å². The fourth-order valence-electron chi connectivity index (χ4n) is 2.06. The molecule has 8 nitrogen and oxygen atoms in total. The molecule has 2 aromatic heterocycles. The fourth-order valence-corrected chi connectivity index (χ4v) is 2.06. The number of nitrogens with zero attached hydrogens (tertiary/aromatic N) is 2. The molecule has 1 amide bonds. The molecule has 0 saturated heterocycles. The van der Waals surface area contributed by atoms with Gasteiger partial charge in [-0.3, -0.25) is 14.6 Å². The van der Waals surface area contributed by atoms with E-state index in [1.807, 2.05) is 0 Å². The van der Waals surface area contributed by atoms with Crippen molar-refractivity contribution in [2.24, 2.45) is 0 Å². The van der Waals surface area contributed by atoms with E-state index in [-0.39, 0.29) is 12.0 Å². The molecule has 3 N–H and O–H groups in total. The molecule has 2 heterocycles. The average Bonchev–Trinajstić information content (AvgIpc) is 2.51. The molecule has 0 aromatic carbocycles. The number of amides is 1. The Balaban J connectivity index is 2.25. The van der Waals surface area contributed by atoms with Gasteiger partial charge in [0.05, 0.1) is 6.42 Å². The second-order valence-electron chi connectivity index (χ2n) is 5.88. The maximum atomic E-state index is 12.3. The van der Waals surface area contributed by atoms with Crippen molar-refractivity contribution in [3.8, 4) is 11.4 Å². The van der Waals surface area contributed by atoms with Gasteiger partial charge in [-0.2, -0.15) is 0 Å². The molecule has 0 aliphatic carbocycles. The first-order valence-electron chi connectivity index (χ1n) is 7.25. The second-order valence-corrected chi connectivity index (χ2v) is 5.88. The number of aromatic amines is 1. The van der Waals surface area contributed by atoms with E-state index in [0.717, 1.165) is 0 Å². The summed E-state index contributed by atoms with van der Waals surface area (Å²) >= 11 is 0. The van der Waals surface area contributed by atoms with Crippen LogP contribution in [0.3, 0.4) is 0 Å². The Morgan fingerprint density at radius 2 is 2.08 bits per heavy atom. The summed E-state index contributed by atoms with van der Waals surface area (Å²) < 4.78 is 0. The summed E-state index contributed by atoms with van der Waals surface area (Å²) in [6.07, 6.45) is 2.93. The summed E-state index contributed by atoms with van der Waals surface area (Å²) in [7, 11) is 0. The first-order valence-corrected chi connectivity index (χ1v) is 7.25. The van der Waals surface area contributed by atoms with Gasteiger partial charge >= 0.3 is 5.97 Å². The molecule has 0 aliphatic heterocycles. The number of carboxylic acid groups (broad SMARTS) is 1. The third-order valence-corrected chi connectivity index (χ3v) is 3.48. The van der Waals surface area contributed by atoms with Crippen LogP contribution < -0.4 is 10.9 Å². The molecule has 24 heavy (non-hydrogen) atoms. The Labute approximate surface area is 138 Å². The summed E-state index contributed by atoms with van der Waals surface area (Å²) in [5.74, 6) is -1.36. The van der Waals surface area contributed by atoms with Gasteiger partial charge in [0.25, 0.3) is 5.56 Å². The standard InChI is InChI=1S/C16H18N4O4/c1-9-11(7-12(21)20-16(2,3)15(23)24)14(22)19-13(18-9)10-5-4-6-17-8-10/h4-6,8H,7H2,1-3H3,(H,20,21)(H,23,24)(H,18,19,22). The predicted octanol–water partition coefficient (Wildman–Crippen LogP) is 0.662. The highest BCUT2D eigenvalue weighted by Gasteiger charge is 2.29. The minimum Gasteiger partial charge on any atom is -0.480 e. The highest BCUT2D eigenvalue weighted by Crippen LogP contribution is 2.13. The van der Waals surface area contributed by atoms with Crippen LogP contribution in [0.4, 0.5) is 0 Å². The topological polar surface area (TPSA) is 125 Å². The molecule has 0 fully saturated rings. The Bertz CT molecular complexity index is 828. The number of aromatic nitrogens is 3. The summed E-state index contributed by atoms with van der Waals surface area (Å²) in [5, 5.41) is 11.4. The molecule has 0 aliphatic rings. The first-order chi connectivity index (χ1) is 11.2. The van der Waals surface area contributed by atoms with Crippen LogP contribution in [0.25, 0.3) is 11.4 Å².